The summed E-state index contributed by atoms with van der Waals surface area (Å²) in [6, 6.07) is -0.400. The van der Waals surface area contributed by atoms with Crippen molar-refractivity contribution in [3.05, 3.63) is 0 Å². The lowest BCUT2D eigenvalue weighted by Gasteiger charge is -2.37. The Hall–Kier alpha value is -1.14. The maximum atomic E-state index is 11.9. The summed E-state index contributed by atoms with van der Waals surface area (Å²) in [6.07, 6.45) is 0.841. The summed E-state index contributed by atoms with van der Waals surface area (Å²) in [5.41, 5.74) is 0. The molecule has 6 nitrogen and oxygen atoms in total. The van der Waals surface area contributed by atoms with Gasteiger partial charge in [0.1, 0.15) is 6.61 Å². The van der Waals surface area contributed by atoms with Crippen LogP contribution in [0.15, 0.2) is 0 Å². The van der Waals surface area contributed by atoms with Crippen molar-refractivity contribution in [2.45, 2.75) is 38.4 Å². The maximum Gasteiger partial charge on any atom is 0.328 e. The molecule has 102 valence electrons. The van der Waals surface area contributed by atoms with Crippen LogP contribution < -0.4 is 0 Å². The average Bonchev–Trinajstić information content (AvgIpc) is 2.77. The molecular formula is C12H20N2O4. The molecule has 18 heavy (non-hydrogen) atoms. The fraction of sp³-hybridized carbons (Fsp3) is 0.833. The highest BCUT2D eigenvalue weighted by atomic mass is 16.5. The zero-order valence-corrected chi connectivity index (χ0v) is 10.8. The predicted octanol–water partition coefficient (Wildman–Crippen LogP) is -0.219. The van der Waals surface area contributed by atoms with E-state index in [1.807, 2.05) is 0 Å². The molecule has 2 fully saturated rings. The Bertz CT molecular complexity index is 345. The molecule has 1 amide bonds. The molecule has 0 saturated carbocycles. The van der Waals surface area contributed by atoms with Crippen molar-refractivity contribution in [2.75, 3.05) is 26.3 Å². The largest absolute Gasteiger partial charge is 0.480 e. The molecule has 2 atom stereocenters. The van der Waals surface area contributed by atoms with Crippen LogP contribution in [0.4, 0.5) is 0 Å². The van der Waals surface area contributed by atoms with Gasteiger partial charge in [-0.15, -0.1) is 0 Å². The number of carboxylic acid groups (broad SMARTS) is 1. The molecule has 2 aliphatic rings. The second-order valence-corrected chi connectivity index (χ2v) is 5.20. The Balaban J connectivity index is 2.09. The van der Waals surface area contributed by atoms with Crippen LogP contribution in [0.2, 0.25) is 0 Å². The number of amides is 1. The van der Waals surface area contributed by atoms with Crippen molar-refractivity contribution in [2.24, 2.45) is 0 Å². The standard InChI is InChI=1S/C12H20N2O4/c1-8(2)13-4-3-9(5-13)14-10(12(16)17)6-18-7-11(14)15/h8-10H,3-7H2,1-2H3,(H,16,17). The van der Waals surface area contributed by atoms with E-state index in [-0.39, 0.29) is 25.2 Å². The zero-order valence-electron chi connectivity index (χ0n) is 10.8. The van der Waals surface area contributed by atoms with Crippen LogP contribution in [-0.2, 0) is 14.3 Å². The van der Waals surface area contributed by atoms with Crippen molar-refractivity contribution in [1.29, 1.82) is 0 Å². The number of likely N-dealkylation sites (tertiary alicyclic amines) is 1. The van der Waals surface area contributed by atoms with Crippen molar-refractivity contribution in [3.8, 4) is 0 Å². The van der Waals surface area contributed by atoms with Gasteiger partial charge in [0.25, 0.3) is 0 Å². The topological polar surface area (TPSA) is 70.1 Å². The first-order chi connectivity index (χ1) is 8.50. The molecule has 0 radical (unpaired) electrons. The SMILES string of the molecule is CC(C)N1CCC(N2C(=O)COCC2C(=O)O)C1. The molecule has 0 aromatic rings. The number of hydrogen-bond donors (Lipinski definition) is 1. The molecule has 2 unspecified atom stereocenters. The number of carboxylic acids is 1. The second-order valence-electron chi connectivity index (χ2n) is 5.20. The minimum Gasteiger partial charge on any atom is -0.480 e. The third-order valence-corrected chi connectivity index (χ3v) is 3.73. The number of hydrogen-bond acceptors (Lipinski definition) is 4. The van der Waals surface area contributed by atoms with Crippen molar-refractivity contribution in [1.82, 2.24) is 9.80 Å². The molecular weight excluding hydrogens is 236 g/mol. The molecule has 1 N–H and O–H groups in total. The van der Waals surface area contributed by atoms with E-state index in [0.29, 0.717) is 6.04 Å². The highest BCUT2D eigenvalue weighted by Gasteiger charge is 2.41. The van der Waals surface area contributed by atoms with Crippen LogP contribution in [0.5, 0.6) is 0 Å². The summed E-state index contributed by atoms with van der Waals surface area (Å²) in [5.74, 6) is -1.18. The van der Waals surface area contributed by atoms with Gasteiger partial charge in [0.2, 0.25) is 5.91 Å². The van der Waals surface area contributed by atoms with Crippen LogP contribution in [0.1, 0.15) is 20.3 Å². The lowest BCUT2D eigenvalue weighted by molar-refractivity contribution is -0.165. The number of morpholine rings is 1. The average molecular weight is 256 g/mol. The summed E-state index contributed by atoms with van der Waals surface area (Å²) in [4.78, 5) is 26.9. The van der Waals surface area contributed by atoms with Crippen molar-refractivity contribution in [3.63, 3.8) is 0 Å². The van der Waals surface area contributed by atoms with Gasteiger partial charge in [-0.05, 0) is 20.3 Å². The molecule has 0 aromatic heterocycles. The summed E-state index contributed by atoms with van der Waals surface area (Å²) in [7, 11) is 0. The first kappa shape index (κ1) is 13.3. The molecule has 0 aliphatic carbocycles. The number of nitrogens with zero attached hydrogens (tertiary/aromatic N) is 2. The summed E-state index contributed by atoms with van der Waals surface area (Å²) in [6.45, 7) is 5.99. The van der Waals surface area contributed by atoms with E-state index >= 15 is 0 Å². The van der Waals surface area contributed by atoms with Gasteiger partial charge in [-0.1, -0.05) is 0 Å². The summed E-state index contributed by atoms with van der Waals surface area (Å²) >= 11 is 0. The quantitative estimate of drug-likeness (QED) is 0.756. The van der Waals surface area contributed by atoms with Crippen LogP contribution in [0.3, 0.4) is 0 Å². The fourth-order valence-electron chi connectivity index (χ4n) is 2.70. The predicted molar refractivity (Wildman–Crippen MR) is 64.2 cm³/mol. The summed E-state index contributed by atoms with van der Waals surface area (Å²) < 4.78 is 5.03. The van der Waals surface area contributed by atoms with E-state index in [0.717, 1.165) is 19.5 Å². The maximum absolute atomic E-state index is 11.9. The van der Waals surface area contributed by atoms with Crippen LogP contribution in [0.25, 0.3) is 0 Å². The van der Waals surface area contributed by atoms with Gasteiger partial charge in [0, 0.05) is 25.2 Å². The highest BCUT2D eigenvalue weighted by Crippen LogP contribution is 2.22. The van der Waals surface area contributed by atoms with Gasteiger partial charge in [0.05, 0.1) is 6.61 Å². The third-order valence-electron chi connectivity index (χ3n) is 3.73. The van der Waals surface area contributed by atoms with Crippen LogP contribution in [-0.4, -0.2) is 71.2 Å². The monoisotopic (exact) mass is 256 g/mol. The molecule has 0 bridgehead atoms. The molecule has 0 aromatic carbocycles. The van der Waals surface area contributed by atoms with E-state index in [1.54, 1.807) is 0 Å². The Labute approximate surface area is 106 Å². The molecule has 2 rings (SSSR count). The van der Waals surface area contributed by atoms with Crippen LogP contribution in [0, 0.1) is 0 Å². The van der Waals surface area contributed by atoms with Crippen molar-refractivity contribution >= 4 is 11.9 Å². The number of carbonyl (C=O) groups is 2. The first-order valence-electron chi connectivity index (χ1n) is 6.36. The number of ether oxygens (including phenoxy) is 1. The fourth-order valence-corrected chi connectivity index (χ4v) is 2.70. The first-order valence-corrected chi connectivity index (χ1v) is 6.36. The Morgan fingerprint density at radius 1 is 1.50 bits per heavy atom. The molecule has 0 spiro atoms. The smallest absolute Gasteiger partial charge is 0.328 e. The molecule has 2 heterocycles. The number of rotatable bonds is 3. The minimum absolute atomic E-state index is 0.00194. The van der Waals surface area contributed by atoms with Crippen LogP contribution >= 0.6 is 0 Å². The summed E-state index contributed by atoms with van der Waals surface area (Å²) in [5, 5.41) is 9.17. The van der Waals surface area contributed by atoms with Crippen molar-refractivity contribution < 1.29 is 19.4 Å². The molecule has 6 heteroatoms. The van der Waals surface area contributed by atoms with Gasteiger partial charge >= 0.3 is 5.97 Å². The van der Waals surface area contributed by atoms with E-state index in [4.69, 9.17) is 4.74 Å². The number of aliphatic carboxylic acids is 1. The highest BCUT2D eigenvalue weighted by molar-refractivity contribution is 5.85. The molecule has 2 saturated heterocycles. The molecule has 2 aliphatic heterocycles. The Morgan fingerprint density at radius 3 is 2.78 bits per heavy atom. The zero-order chi connectivity index (χ0) is 13.3. The third kappa shape index (κ3) is 2.49. The normalized spacial score (nSPS) is 30.2. The Morgan fingerprint density at radius 2 is 2.22 bits per heavy atom. The second kappa shape index (κ2) is 5.24. The lowest BCUT2D eigenvalue weighted by atomic mass is 10.1. The Kier molecular flexibility index (Phi) is 3.87. The van der Waals surface area contributed by atoms with Gasteiger partial charge in [-0.3, -0.25) is 9.69 Å². The number of carbonyl (C=O) groups excluding carboxylic acids is 1. The van der Waals surface area contributed by atoms with E-state index in [9.17, 15) is 14.7 Å². The van der Waals surface area contributed by atoms with Gasteiger partial charge in [0.15, 0.2) is 6.04 Å². The van der Waals surface area contributed by atoms with E-state index < -0.39 is 12.0 Å². The van der Waals surface area contributed by atoms with Gasteiger partial charge in [-0.2, -0.15) is 0 Å². The van der Waals surface area contributed by atoms with Gasteiger partial charge in [-0.25, -0.2) is 4.79 Å². The van der Waals surface area contributed by atoms with E-state index in [1.165, 1.54) is 4.90 Å². The minimum atomic E-state index is -0.981. The van der Waals surface area contributed by atoms with Gasteiger partial charge < -0.3 is 14.7 Å². The lowest BCUT2D eigenvalue weighted by Crippen LogP contribution is -2.58. The van der Waals surface area contributed by atoms with E-state index in [2.05, 4.69) is 18.7 Å².